The molecule has 22 heavy (non-hydrogen) atoms. The van der Waals surface area contributed by atoms with E-state index in [0.717, 1.165) is 25.0 Å². The largest absolute Gasteiger partial charge is 0.494 e. The Labute approximate surface area is 134 Å². The van der Waals surface area contributed by atoms with Crippen molar-refractivity contribution in [2.75, 3.05) is 13.7 Å². The summed E-state index contributed by atoms with van der Waals surface area (Å²) < 4.78 is 10.5. The molecule has 0 radical (unpaired) electrons. The van der Waals surface area contributed by atoms with Crippen LogP contribution in [0.4, 0.5) is 0 Å². The number of ether oxygens (including phenoxy) is 2. The van der Waals surface area contributed by atoms with Crippen molar-refractivity contribution >= 4 is 5.97 Å². The number of rotatable bonds is 7. The summed E-state index contributed by atoms with van der Waals surface area (Å²) in [5, 5.41) is 0. The lowest BCUT2D eigenvalue weighted by atomic mass is 9.86. The fourth-order valence-corrected chi connectivity index (χ4v) is 3.39. The van der Waals surface area contributed by atoms with Crippen LogP contribution in [0.2, 0.25) is 0 Å². The lowest BCUT2D eigenvalue weighted by molar-refractivity contribution is -0.142. The first kappa shape index (κ1) is 16.9. The predicted octanol–water partition coefficient (Wildman–Crippen LogP) is 4.39. The highest BCUT2D eigenvalue weighted by Gasteiger charge is 2.44. The molecule has 0 N–H and O–H groups in total. The zero-order valence-corrected chi connectivity index (χ0v) is 14.4. The van der Waals surface area contributed by atoms with Gasteiger partial charge in [0, 0.05) is 0 Å². The van der Waals surface area contributed by atoms with Gasteiger partial charge in [-0.05, 0) is 74.6 Å². The van der Waals surface area contributed by atoms with E-state index in [1.54, 1.807) is 0 Å². The minimum atomic E-state index is -0.0422. The molecule has 0 amide bonds. The van der Waals surface area contributed by atoms with Crippen LogP contribution in [0.15, 0.2) is 12.1 Å². The third kappa shape index (κ3) is 3.63. The lowest BCUT2D eigenvalue weighted by Crippen LogP contribution is -2.08. The number of carbonyl (C=O) groups excluding carboxylic acids is 1. The maximum absolute atomic E-state index is 11.6. The van der Waals surface area contributed by atoms with Gasteiger partial charge in [0.05, 0.1) is 19.6 Å². The molecule has 0 spiro atoms. The van der Waals surface area contributed by atoms with E-state index in [1.165, 1.54) is 23.8 Å². The highest BCUT2D eigenvalue weighted by molar-refractivity contribution is 5.75. The molecule has 1 aliphatic carbocycles. The van der Waals surface area contributed by atoms with Crippen molar-refractivity contribution in [2.24, 2.45) is 11.8 Å². The van der Waals surface area contributed by atoms with Crippen LogP contribution in [0, 0.1) is 25.7 Å². The number of aryl methyl sites for hydroxylation is 2. The minimum absolute atomic E-state index is 0.0422. The van der Waals surface area contributed by atoms with Crippen molar-refractivity contribution in [1.29, 1.82) is 0 Å². The highest BCUT2D eigenvalue weighted by Crippen LogP contribution is 2.47. The van der Waals surface area contributed by atoms with Crippen molar-refractivity contribution < 1.29 is 14.3 Å². The summed E-state index contributed by atoms with van der Waals surface area (Å²) in [7, 11) is 1.48. The molecule has 0 bridgehead atoms. The maximum atomic E-state index is 11.6. The van der Waals surface area contributed by atoms with Gasteiger partial charge >= 0.3 is 5.97 Å². The summed E-state index contributed by atoms with van der Waals surface area (Å²) in [6.07, 6.45) is 3.15. The second kappa shape index (κ2) is 7.17. The topological polar surface area (TPSA) is 35.5 Å². The Kier molecular flexibility index (Phi) is 5.49. The summed E-state index contributed by atoms with van der Waals surface area (Å²) in [6, 6.07) is 4.42. The van der Waals surface area contributed by atoms with Gasteiger partial charge in [0.1, 0.15) is 5.75 Å². The van der Waals surface area contributed by atoms with Gasteiger partial charge in [-0.15, -0.1) is 0 Å². The van der Waals surface area contributed by atoms with Crippen LogP contribution < -0.4 is 4.74 Å². The molecule has 0 heterocycles. The molecule has 1 aliphatic rings. The first-order valence-corrected chi connectivity index (χ1v) is 8.33. The van der Waals surface area contributed by atoms with Crippen molar-refractivity contribution in [1.82, 2.24) is 0 Å². The maximum Gasteiger partial charge on any atom is 0.308 e. The molecule has 0 aromatic heterocycles. The minimum Gasteiger partial charge on any atom is -0.494 e. The van der Waals surface area contributed by atoms with Gasteiger partial charge in [-0.3, -0.25) is 4.79 Å². The third-order valence-electron chi connectivity index (χ3n) is 4.81. The van der Waals surface area contributed by atoms with Gasteiger partial charge < -0.3 is 9.47 Å². The molecular formula is C19H28O3. The zero-order chi connectivity index (χ0) is 16.3. The second-order valence-corrected chi connectivity index (χ2v) is 6.37. The SMILES string of the molecule is CCOc1cc(C)c(C(CC)CC2CC2C(=O)OC)cc1C. The third-order valence-corrected chi connectivity index (χ3v) is 4.81. The van der Waals surface area contributed by atoms with E-state index in [2.05, 4.69) is 32.9 Å². The van der Waals surface area contributed by atoms with E-state index in [-0.39, 0.29) is 11.9 Å². The Morgan fingerprint density at radius 1 is 1.27 bits per heavy atom. The van der Waals surface area contributed by atoms with Crippen molar-refractivity contribution in [3.63, 3.8) is 0 Å². The van der Waals surface area contributed by atoms with Gasteiger partial charge in [-0.25, -0.2) is 0 Å². The molecule has 3 unspecified atom stereocenters. The molecule has 1 aromatic rings. The van der Waals surface area contributed by atoms with Crippen molar-refractivity contribution in [2.45, 2.75) is 52.9 Å². The first-order chi connectivity index (χ1) is 10.5. The summed E-state index contributed by atoms with van der Waals surface area (Å²) >= 11 is 0. The number of methoxy groups -OCH3 is 1. The van der Waals surface area contributed by atoms with Crippen molar-refractivity contribution in [3.05, 3.63) is 28.8 Å². The summed E-state index contributed by atoms with van der Waals surface area (Å²) in [6.45, 7) is 9.20. The Balaban J connectivity index is 2.11. The van der Waals surface area contributed by atoms with E-state index in [0.29, 0.717) is 18.4 Å². The average molecular weight is 304 g/mol. The van der Waals surface area contributed by atoms with Crippen LogP contribution in [0.1, 0.15) is 55.7 Å². The summed E-state index contributed by atoms with van der Waals surface area (Å²) in [5.74, 6) is 2.07. The van der Waals surface area contributed by atoms with Gasteiger partial charge in [-0.2, -0.15) is 0 Å². The summed E-state index contributed by atoms with van der Waals surface area (Å²) in [5.41, 5.74) is 3.89. The van der Waals surface area contributed by atoms with Gasteiger partial charge in [0.15, 0.2) is 0 Å². The molecule has 2 rings (SSSR count). The number of carbonyl (C=O) groups is 1. The molecule has 3 atom stereocenters. The normalized spacial score (nSPS) is 21.3. The number of hydrogen-bond donors (Lipinski definition) is 0. The van der Waals surface area contributed by atoms with E-state index in [4.69, 9.17) is 9.47 Å². The molecule has 3 heteroatoms. The van der Waals surface area contributed by atoms with Crippen LogP contribution >= 0.6 is 0 Å². The quantitative estimate of drug-likeness (QED) is 0.701. The highest BCUT2D eigenvalue weighted by atomic mass is 16.5. The van der Waals surface area contributed by atoms with E-state index in [1.807, 2.05) is 6.92 Å². The number of esters is 1. The standard InChI is InChI=1S/C19H28O3/c1-6-14(10-15-11-17(15)19(20)21-5)16-8-13(4)18(22-7-2)9-12(16)3/h8-9,14-15,17H,6-7,10-11H2,1-5H3. The predicted molar refractivity (Wildman–Crippen MR) is 88.3 cm³/mol. The Morgan fingerprint density at radius 3 is 2.59 bits per heavy atom. The van der Waals surface area contributed by atoms with E-state index < -0.39 is 0 Å². The zero-order valence-electron chi connectivity index (χ0n) is 14.4. The molecule has 1 aromatic carbocycles. The molecular weight excluding hydrogens is 276 g/mol. The number of hydrogen-bond acceptors (Lipinski definition) is 3. The molecule has 1 saturated carbocycles. The van der Waals surface area contributed by atoms with Crippen molar-refractivity contribution in [3.8, 4) is 5.75 Å². The molecule has 0 saturated heterocycles. The average Bonchev–Trinajstić information content (AvgIpc) is 3.27. The molecule has 1 fully saturated rings. The van der Waals surface area contributed by atoms with Gasteiger partial charge in [0.2, 0.25) is 0 Å². The van der Waals surface area contributed by atoms with E-state index in [9.17, 15) is 4.79 Å². The molecule has 3 nitrogen and oxygen atoms in total. The monoisotopic (exact) mass is 304 g/mol. The lowest BCUT2D eigenvalue weighted by Gasteiger charge is -2.20. The fraction of sp³-hybridized carbons (Fsp3) is 0.632. The molecule has 122 valence electrons. The smallest absolute Gasteiger partial charge is 0.308 e. The fourth-order valence-electron chi connectivity index (χ4n) is 3.39. The van der Waals surface area contributed by atoms with Crippen LogP contribution in [0.5, 0.6) is 5.75 Å². The Morgan fingerprint density at radius 2 is 2.00 bits per heavy atom. The number of benzene rings is 1. The summed E-state index contributed by atoms with van der Waals surface area (Å²) in [4.78, 5) is 11.6. The van der Waals surface area contributed by atoms with E-state index >= 15 is 0 Å². The van der Waals surface area contributed by atoms with Crippen LogP contribution in [0.25, 0.3) is 0 Å². The Hall–Kier alpha value is -1.51. The second-order valence-electron chi connectivity index (χ2n) is 6.37. The molecule has 0 aliphatic heterocycles. The van der Waals surface area contributed by atoms with Crippen LogP contribution in [0.3, 0.4) is 0 Å². The van der Waals surface area contributed by atoms with Crippen LogP contribution in [-0.4, -0.2) is 19.7 Å². The first-order valence-electron chi connectivity index (χ1n) is 8.33. The Bertz CT molecular complexity index is 536. The van der Waals surface area contributed by atoms with Gasteiger partial charge in [-0.1, -0.05) is 13.0 Å². The van der Waals surface area contributed by atoms with Gasteiger partial charge in [0.25, 0.3) is 0 Å². The van der Waals surface area contributed by atoms with Crippen LogP contribution in [-0.2, 0) is 9.53 Å².